The standard InChI is InChI=1S/C16H23N5O3/c1-23-14-5-3-13(4-6-14)11-21-15(17-18-19-21)20-9-7-16(12-22,24-2)8-10-20/h3-6,22H,7-12H2,1-2H3. The van der Waals surface area contributed by atoms with Crippen LogP contribution in [0.2, 0.25) is 0 Å². The Morgan fingerprint density at radius 1 is 1.17 bits per heavy atom. The number of aliphatic hydroxyl groups is 1. The zero-order valence-electron chi connectivity index (χ0n) is 14.1. The number of aliphatic hydroxyl groups excluding tert-OH is 1. The van der Waals surface area contributed by atoms with Gasteiger partial charge < -0.3 is 19.5 Å². The Morgan fingerprint density at radius 2 is 1.88 bits per heavy atom. The third kappa shape index (κ3) is 3.34. The molecule has 1 aliphatic rings. The van der Waals surface area contributed by atoms with Crippen molar-refractivity contribution in [2.75, 3.05) is 38.8 Å². The molecule has 0 unspecified atom stereocenters. The Balaban J connectivity index is 1.69. The maximum atomic E-state index is 9.55. The van der Waals surface area contributed by atoms with Gasteiger partial charge in [-0.3, -0.25) is 0 Å². The van der Waals surface area contributed by atoms with Crippen LogP contribution < -0.4 is 9.64 Å². The number of tetrazole rings is 1. The molecule has 0 atom stereocenters. The van der Waals surface area contributed by atoms with Crippen molar-refractivity contribution in [3.8, 4) is 5.75 Å². The lowest BCUT2D eigenvalue weighted by Crippen LogP contribution is -2.48. The second-order valence-corrected chi connectivity index (χ2v) is 6.02. The van der Waals surface area contributed by atoms with Gasteiger partial charge >= 0.3 is 0 Å². The quantitative estimate of drug-likeness (QED) is 0.833. The SMILES string of the molecule is COc1ccc(Cn2nnnc2N2CCC(CO)(OC)CC2)cc1. The normalized spacial score (nSPS) is 17.0. The van der Waals surface area contributed by atoms with Gasteiger partial charge in [-0.15, -0.1) is 0 Å². The molecule has 1 fully saturated rings. The van der Waals surface area contributed by atoms with E-state index in [1.165, 1.54) is 0 Å². The molecule has 1 saturated heterocycles. The van der Waals surface area contributed by atoms with E-state index in [-0.39, 0.29) is 6.61 Å². The van der Waals surface area contributed by atoms with Crippen LogP contribution in [0.1, 0.15) is 18.4 Å². The highest BCUT2D eigenvalue weighted by Crippen LogP contribution is 2.27. The zero-order chi connectivity index (χ0) is 17.0. The monoisotopic (exact) mass is 333 g/mol. The Morgan fingerprint density at radius 3 is 2.46 bits per heavy atom. The Labute approximate surface area is 141 Å². The van der Waals surface area contributed by atoms with Crippen molar-refractivity contribution < 1.29 is 14.6 Å². The van der Waals surface area contributed by atoms with Crippen molar-refractivity contribution in [3.63, 3.8) is 0 Å². The summed E-state index contributed by atoms with van der Waals surface area (Å²) in [6, 6.07) is 7.85. The molecule has 1 N–H and O–H groups in total. The minimum Gasteiger partial charge on any atom is -0.497 e. The summed E-state index contributed by atoms with van der Waals surface area (Å²) in [5.41, 5.74) is 0.660. The number of anilines is 1. The van der Waals surface area contributed by atoms with Crippen LogP contribution in [0.4, 0.5) is 5.95 Å². The Hall–Kier alpha value is -2.19. The van der Waals surface area contributed by atoms with Crippen LogP contribution in [0.25, 0.3) is 0 Å². The van der Waals surface area contributed by atoms with E-state index in [1.54, 1.807) is 18.9 Å². The van der Waals surface area contributed by atoms with Crippen LogP contribution >= 0.6 is 0 Å². The summed E-state index contributed by atoms with van der Waals surface area (Å²) in [5.74, 6) is 1.57. The lowest BCUT2D eigenvalue weighted by atomic mass is 9.92. The molecule has 1 aromatic carbocycles. The van der Waals surface area contributed by atoms with Gasteiger partial charge in [0.15, 0.2) is 0 Å². The van der Waals surface area contributed by atoms with Crippen LogP contribution in [0, 0.1) is 0 Å². The smallest absolute Gasteiger partial charge is 0.245 e. The predicted molar refractivity (Wildman–Crippen MR) is 88.2 cm³/mol. The number of aromatic nitrogens is 4. The Kier molecular flexibility index (Phi) is 4.96. The van der Waals surface area contributed by atoms with E-state index >= 15 is 0 Å². The number of piperidine rings is 1. The second kappa shape index (κ2) is 7.14. The lowest BCUT2D eigenvalue weighted by Gasteiger charge is -2.39. The van der Waals surface area contributed by atoms with Crippen LogP contribution in [-0.2, 0) is 11.3 Å². The van der Waals surface area contributed by atoms with E-state index in [2.05, 4.69) is 20.4 Å². The fraction of sp³-hybridized carbons (Fsp3) is 0.562. The third-order valence-electron chi connectivity index (χ3n) is 4.68. The van der Waals surface area contributed by atoms with Crippen LogP contribution in [0.15, 0.2) is 24.3 Å². The fourth-order valence-electron chi connectivity index (χ4n) is 2.97. The van der Waals surface area contributed by atoms with E-state index in [4.69, 9.17) is 9.47 Å². The molecule has 2 heterocycles. The first-order valence-corrected chi connectivity index (χ1v) is 8.00. The van der Waals surface area contributed by atoms with Gasteiger partial charge in [-0.2, -0.15) is 0 Å². The van der Waals surface area contributed by atoms with Crippen molar-refractivity contribution in [2.45, 2.75) is 25.0 Å². The van der Waals surface area contributed by atoms with Gasteiger partial charge in [-0.05, 0) is 41.0 Å². The van der Waals surface area contributed by atoms with E-state index < -0.39 is 5.60 Å². The predicted octanol–water partition coefficient (Wildman–Crippen LogP) is 0.708. The van der Waals surface area contributed by atoms with Crippen molar-refractivity contribution in [3.05, 3.63) is 29.8 Å². The topological polar surface area (TPSA) is 85.5 Å². The molecule has 130 valence electrons. The molecule has 24 heavy (non-hydrogen) atoms. The first-order chi connectivity index (χ1) is 11.7. The fourth-order valence-corrected chi connectivity index (χ4v) is 2.97. The number of hydrogen-bond donors (Lipinski definition) is 1. The molecule has 0 amide bonds. The average molecular weight is 333 g/mol. The number of hydrogen-bond acceptors (Lipinski definition) is 7. The van der Waals surface area contributed by atoms with Crippen LogP contribution in [0.3, 0.4) is 0 Å². The molecule has 0 spiro atoms. The highest BCUT2D eigenvalue weighted by molar-refractivity contribution is 5.32. The number of methoxy groups -OCH3 is 2. The molecule has 0 bridgehead atoms. The lowest BCUT2D eigenvalue weighted by molar-refractivity contribution is -0.0674. The molecule has 0 radical (unpaired) electrons. The summed E-state index contributed by atoms with van der Waals surface area (Å²) < 4.78 is 12.5. The van der Waals surface area contributed by atoms with Crippen LogP contribution in [-0.4, -0.2) is 64.8 Å². The number of rotatable bonds is 6. The maximum Gasteiger partial charge on any atom is 0.245 e. The molecule has 2 aromatic rings. The highest BCUT2D eigenvalue weighted by atomic mass is 16.5. The maximum absolute atomic E-state index is 9.55. The van der Waals surface area contributed by atoms with Gasteiger partial charge in [0, 0.05) is 20.2 Å². The number of benzene rings is 1. The average Bonchev–Trinajstić information content (AvgIpc) is 3.10. The number of nitrogens with zero attached hydrogens (tertiary/aromatic N) is 5. The summed E-state index contributed by atoms with van der Waals surface area (Å²) in [6.07, 6.45) is 1.49. The highest BCUT2D eigenvalue weighted by Gasteiger charge is 2.35. The molecule has 0 aliphatic carbocycles. The summed E-state index contributed by atoms with van der Waals surface area (Å²) >= 11 is 0. The molecular formula is C16H23N5O3. The van der Waals surface area contributed by atoms with E-state index in [9.17, 15) is 5.11 Å². The third-order valence-corrected chi connectivity index (χ3v) is 4.68. The molecule has 8 heteroatoms. The van der Waals surface area contributed by atoms with E-state index in [1.807, 2.05) is 24.3 Å². The molecule has 1 aliphatic heterocycles. The minimum atomic E-state index is -0.440. The van der Waals surface area contributed by atoms with Gasteiger partial charge in [-0.1, -0.05) is 17.2 Å². The molecular weight excluding hydrogens is 310 g/mol. The molecule has 8 nitrogen and oxygen atoms in total. The minimum absolute atomic E-state index is 0.0358. The van der Waals surface area contributed by atoms with E-state index in [0.29, 0.717) is 6.54 Å². The first kappa shape index (κ1) is 16.7. The largest absolute Gasteiger partial charge is 0.497 e. The van der Waals surface area contributed by atoms with Gasteiger partial charge in [0.05, 0.1) is 25.9 Å². The molecule has 0 saturated carbocycles. The number of ether oxygens (including phenoxy) is 2. The van der Waals surface area contributed by atoms with Crippen molar-refractivity contribution >= 4 is 5.95 Å². The Bertz CT molecular complexity index is 644. The molecule has 1 aromatic heterocycles. The molecule has 3 rings (SSSR count). The summed E-state index contributed by atoms with van der Waals surface area (Å²) in [7, 11) is 3.30. The van der Waals surface area contributed by atoms with Gasteiger partial charge in [-0.25, -0.2) is 4.68 Å². The van der Waals surface area contributed by atoms with Gasteiger partial charge in [0.25, 0.3) is 0 Å². The van der Waals surface area contributed by atoms with Gasteiger partial charge in [0.1, 0.15) is 5.75 Å². The van der Waals surface area contributed by atoms with E-state index in [0.717, 1.165) is 43.2 Å². The van der Waals surface area contributed by atoms with Crippen molar-refractivity contribution in [2.24, 2.45) is 0 Å². The first-order valence-electron chi connectivity index (χ1n) is 8.00. The second-order valence-electron chi connectivity index (χ2n) is 6.02. The summed E-state index contributed by atoms with van der Waals surface area (Å²) in [4.78, 5) is 2.14. The van der Waals surface area contributed by atoms with Gasteiger partial charge in [0.2, 0.25) is 5.95 Å². The van der Waals surface area contributed by atoms with Crippen molar-refractivity contribution in [1.29, 1.82) is 0 Å². The zero-order valence-corrected chi connectivity index (χ0v) is 14.1. The van der Waals surface area contributed by atoms with Crippen molar-refractivity contribution in [1.82, 2.24) is 20.2 Å². The van der Waals surface area contributed by atoms with Crippen LogP contribution in [0.5, 0.6) is 5.75 Å². The summed E-state index contributed by atoms with van der Waals surface area (Å²) in [5, 5.41) is 21.6. The summed E-state index contributed by atoms with van der Waals surface area (Å²) in [6.45, 7) is 2.13.